The van der Waals surface area contributed by atoms with Gasteiger partial charge in [-0.05, 0) is 53.9 Å². The summed E-state index contributed by atoms with van der Waals surface area (Å²) in [5.74, 6) is 2.81. The summed E-state index contributed by atoms with van der Waals surface area (Å²) in [6, 6.07) is 16.9. The van der Waals surface area contributed by atoms with E-state index in [9.17, 15) is 0 Å². The highest BCUT2D eigenvalue weighted by molar-refractivity contribution is 8.00. The van der Waals surface area contributed by atoms with Crippen molar-refractivity contribution in [1.29, 1.82) is 0 Å². The highest BCUT2D eigenvalue weighted by atomic mass is 32.2. The maximum Gasteiger partial charge on any atom is 0.0410 e. The molecule has 0 radical (unpaired) electrons. The molecule has 2 aromatic rings. The van der Waals surface area contributed by atoms with E-state index in [0.29, 0.717) is 23.1 Å². The number of nitrogens with one attached hydrogen (secondary N) is 1. The van der Waals surface area contributed by atoms with Crippen LogP contribution >= 0.6 is 11.8 Å². The second-order valence-electron chi connectivity index (χ2n) is 8.94. The van der Waals surface area contributed by atoms with Crippen LogP contribution in [0, 0.1) is 11.8 Å². The Balaban J connectivity index is 1.55. The zero-order valence-corrected chi connectivity index (χ0v) is 17.6. The van der Waals surface area contributed by atoms with Crippen LogP contribution in [0.25, 0.3) is 0 Å². The molecule has 3 aliphatic rings. The molecule has 6 atom stereocenters. The summed E-state index contributed by atoms with van der Waals surface area (Å²) >= 11 is 2.15. The molecule has 1 nitrogen and oxygen atoms in total. The van der Waals surface area contributed by atoms with Gasteiger partial charge >= 0.3 is 0 Å². The van der Waals surface area contributed by atoms with Crippen LogP contribution in [0.2, 0.25) is 0 Å². The Morgan fingerprint density at radius 2 is 1.70 bits per heavy atom. The van der Waals surface area contributed by atoms with E-state index in [4.69, 9.17) is 0 Å². The summed E-state index contributed by atoms with van der Waals surface area (Å²) in [7, 11) is 0. The molecule has 2 heterocycles. The average Bonchev–Trinajstić information content (AvgIpc) is 3.17. The largest absolute Gasteiger partial charge is 0.382 e. The van der Waals surface area contributed by atoms with Crippen LogP contribution in [0.4, 0.5) is 5.69 Å². The summed E-state index contributed by atoms with van der Waals surface area (Å²) in [6.07, 6.45) is 5.07. The molecular weight excluding hydrogens is 346 g/mol. The summed E-state index contributed by atoms with van der Waals surface area (Å²) in [6.45, 7) is 7.30. The van der Waals surface area contributed by atoms with Crippen molar-refractivity contribution < 1.29 is 0 Å². The second-order valence-corrected chi connectivity index (χ2v) is 10.2. The number of aryl methyl sites for hydroxylation is 1. The number of anilines is 1. The molecule has 1 N–H and O–H groups in total. The summed E-state index contributed by atoms with van der Waals surface area (Å²) in [5.41, 5.74) is 6.24. The Bertz CT molecular complexity index is 844. The molecule has 5 rings (SSSR count). The molecular formula is C25H31NS. The molecule has 0 bridgehead atoms. The molecule has 1 aliphatic carbocycles. The quantitative estimate of drug-likeness (QED) is 0.628. The number of hydrogen-bond acceptors (Lipinski definition) is 2. The number of hydrogen-bond donors (Lipinski definition) is 1. The normalized spacial score (nSPS) is 33.9. The topological polar surface area (TPSA) is 12.0 Å². The van der Waals surface area contributed by atoms with Crippen LogP contribution in [-0.4, -0.2) is 11.3 Å². The zero-order valence-electron chi connectivity index (χ0n) is 16.7. The first-order valence-electron chi connectivity index (χ1n) is 10.8. The zero-order chi connectivity index (χ0) is 18.5. The molecule has 0 amide bonds. The summed E-state index contributed by atoms with van der Waals surface area (Å²) < 4.78 is 0. The highest BCUT2D eigenvalue weighted by Crippen LogP contribution is 2.63. The van der Waals surface area contributed by atoms with Crippen molar-refractivity contribution in [3.8, 4) is 0 Å². The maximum atomic E-state index is 3.97. The molecule has 1 saturated carbocycles. The van der Waals surface area contributed by atoms with Crippen LogP contribution < -0.4 is 5.32 Å². The number of fused-ring (bicyclic) bond motifs is 4. The minimum absolute atomic E-state index is 0.644. The van der Waals surface area contributed by atoms with Crippen molar-refractivity contribution in [2.75, 3.05) is 5.32 Å². The molecule has 142 valence electrons. The lowest BCUT2D eigenvalue weighted by Crippen LogP contribution is -2.27. The minimum atomic E-state index is 0.644. The van der Waals surface area contributed by atoms with Crippen molar-refractivity contribution in [3.05, 3.63) is 59.2 Å². The lowest BCUT2D eigenvalue weighted by Gasteiger charge is -2.33. The lowest BCUT2D eigenvalue weighted by molar-refractivity contribution is 0.400. The van der Waals surface area contributed by atoms with E-state index >= 15 is 0 Å². The predicted octanol–water partition coefficient (Wildman–Crippen LogP) is 6.84. The molecule has 2 aromatic carbocycles. The van der Waals surface area contributed by atoms with Crippen LogP contribution in [0.5, 0.6) is 0 Å². The van der Waals surface area contributed by atoms with Crippen LogP contribution in [0.15, 0.2) is 47.4 Å². The first kappa shape index (κ1) is 17.7. The lowest BCUT2D eigenvalue weighted by atomic mass is 9.82. The highest BCUT2D eigenvalue weighted by Gasteiger charge is 2.52. The van der Waals surface area contributed by atoms with E-state index in [1.807, 2.05) is 0 Å². The van der Waals surface area contributed by atoms with Gasteiger partial charge in [-0.1, -0.05) is 63.6 Å². The van der Waals surface area contributed by atoms with Gasteiger partial charge in [0.1, 0.15) is 0 Å². The van der Waals surface area contributed by atoms with Crippen molar-refractivity contribution >= 4 is 17.4 Å². The van der Waals surface area contributed by atoms with Gasteiger partial charge in [-0.15, -0.1) is 11.8 Å². The van der Waals surface area contributed by atoms with E-state index in [1.54, 1.807) is 16.7 Å². The monoisotopic (exact) mass is 377 g/mol. The fourth-order valence-corrected chi connectivity index (χ4v) is 7.88. The molecule has 0 saturated heterocycles. The molecule has 27 heavy (non-hydrogen) atoms. The summed E-state index contributed by atoms with van der Waals surface area (Å²) in [4.78, 5) is 1.53. The standard InChI is InChI=1S/C25H31NS/c1-4-8-18-14-13-17-9-7-11-20(24(17)26-18)23-16(3)15(2)22-19-10-5-6-12-21(19)27-25(22)23/h5-7,9-12,15-16,18,22-23,25-26H,4,8,13-14H2,1-3H3. The fourth-order valence-electron chi connectivity index (χ4n) is 6.01. The third-order valence-electron chi connectivity index (χ3n) is 7.50. The van der Waals surface area contributed by atoms with Gasteiger partial charge in [0.25, 0.3) is 0 Å². The SMILES string of the molecule is CCCC1CCc2cccc(C3C(C)C(C)C4c5ccccc5SC43)c2N1. The van der Waals surface area contributed by atoms with E-state index in [-0.39, 0.29) is 0 Å². The molecule has 1 fully saturated rings. The van der Waals surface area contributed by atoms with E-state index in [2.05, 4.69) is 80.3 Å². The Morgan fingerprint density at radius 3 is 2.52 bits per heavy atom. The van der Waals surface area contributed by atoms with Crippen molar-refractivity contribution in [1.82, 2.24) is 0 Å². The molecule has 0 aromatic heterocycles. The van der Waals surface area contributed by atoms with Gasteiger partial charge in [-0.25, -0.2) is 0 Å². The molecule has 2 heteroatoms. The molecule has 2 aliphatic heterocycles. The van der Waals surface area contributed by atoms with Gasteiger partial charge in [-0.2, -0.15) is 0 Å². The van der Waals surface area contributed by atoms with E-state index in [0.717, 1.165) is 11.8 Å². The van der Waals surface area contributed by atoms with Crippen LogP contribution in [-0.2, 0) is 6.42 Å². The first-order valence-corrected chi connectivity index (χ1v) is 11.7. The Labute approximate surface area is 168 Å². The fraction of sp³-hybridized carbons (Fsp3) is 0.520. The predicted molar refractivity (Wildman–Crippen MR) is 117 cm³/mol. The van der Waals surface area contributed by atoms with Crippen molar-refractivity contribution in [3.63, 3.8) is 0 Å². The third-order valence-corrected chi connectivity index (χ3v) is 8.99. The van der Waals surface area contributed by atoms with Crippen LogP contribution in [0.1, 0.15) is 68.6 Å². The number of para-hydroxylation sites is 1. The second kappa shape index (κ2) is 6.88. The Kier molecular flexibility index (Phi) is 4.50. The van der Waals surface area contributed by atoms with E-state index in [1.165, 1.54) is 36.3 Å². The maximum absolute atomic E-state index is 3.97. The molecule has 6 unspecified atom stereocenters. The molecule has 0 spiro atoms. The van der Waals surface area contributed by atoms with E-state index < -0.39 is 0 Å². The van der Waals surface area contributed by atoms with Crippen molar-refractivity contribution in [2.45, 2.75) is 74.5 Å². The smallest absolute Gasteiger partial charge is 0.0410 e. The Morgan fingerprint density at radius 1 is 0.963 bits per heavy atom. The summed E-state index contributed by atoms with van der Waals surface area (Å²) in [5, 5.41) is 4.66. The van der Waals surface area contributed by atoms with Gasteiger partial charge in [-0.3, -0.25) is 0 Å². The number of rotatable bonds is 3. The van der Waals surface area contributed by atoms with Gasteiger partial charge in [0.05, 0.1) is 0 Å². The first-order chi connectivity index (χ1) is 13.2. The minimum Gasteiger partial charge on any atom is -0.382 e. The number of benzene rings is 2. The van der Waals surface area contributed by atoms with Gasteiger partial charge in [0.15, 0.2) is 0 Å². The van der Waals surface area contributed by atoms with Crippen LogP contribution in [0.3, 0.4) is 0 Å². The third kappa shape index (κ3) is 2.75. The average molecular weight is 378 g/mol. The number of thioether (sulfide) groups is 1. The van der Waals surface area contributed by atoms with Gasteiger partial charge < -0.3 is 5.32 Å². The Hall–Kier alpha value is -1.41. The van der Waals surface area contributed by atoms with Crippen molar-refractivity contribution in [2.24, 2.45) is 11.8 Å². The van der Waals surface area contributed by atoms with Gasteiger partial charge in [0.2, 0.25) is 0 Å². The van der Waals surface area contributed by atoms with Gasteiger partial charge in [0, 0.05) is 33.7 Å².